The molecular weight excluding hydrogens is 421 g/mol. The summed E-state index contributed by atoms with van der Waals surface area (Å²) in [7, 11) is 1.66. The van der Waals surface area contributed by atoms with E-state index in [4.69, 9.17) is 4.42 Å². The summed E-state index contributed by atoms with van der Waals surface area (Å²) in [5, 5.41) is 0.260. The van der Waals surface area contributed by atoms with Crippen molar-refractivity contribution >= 4 is 16.8 Å². The minimum Gasteiger partial charge on any atom is -0.422 e. The first kappa shape index (κ1) is 22.4. The standard InChI is InChI=1S/C27H24FNO4/c1-15(30)12-18-8-7-10-20(13-18)23-17(3)29(4)26(31)24-21(16(2)27(32)33-25(23)24)14-19-9-5-6-11-22(19)28/h5-11,13H,12,14H2,1-4H3. The van der Waals surface area contributed by atoms with Crippen LogP contribution in [0.25, 0.3) is 22.1 Å². The SMILES string of the molecule is CC(=O)Cc1cccc(-c2c(C)n(C)c(=O)c3c(Cc4ccccc4F)c(C)c(=O)oc23)c1. The monoisotopic (exact) mass is 445 g/mol. The molecule has 0 bridgehead atoms. The maximum atomic E-state index is 14.4. The normalized spacial score (nSPS) is 11.2. The van der Waals surface area contributed by atoms with Gasteiger partial charge in [0, 0.05) is 36.7 Å². The molecule has 0 aliphatic carbocycles. The van der Waals surface area contributed by atoms with E-state index >= 15 is 0 Å². The van der Waals surface area contributed by atoms with Crippen LogP contribution in [-0.2, 0) is 24.7 Å². The largest absolute Gasteiger partial charge is 0.422 e. The summed E-state index contributed by atoms with van der Waals surface area (Å²) >= 11 is 0. The van der Waals surface area contributed by atoms with Crippen LogP contribution in [0.3, 0.4) is 0 Å². The van der Waals surface area contributed by atoms with E-state index in [0.29, 0.717) is 22.4 Å². The van der Waals surface area contributed by atoms with Gasteiger partial charge in [-0.1, -0.05) is 42.5 Å². The summed E-state index contributed by atoms with van der Waals surface area (Å²) < 4.78 is 21.6. The van der Waals surface area contributed by atoms with E-state index in [0.717, 1.165) is 11.1 Å². The molecule has 0 N–H and O–H groups in total. The number of halogens is 1. The summed E-state index contributed by atoms with van der Waals surface area (Å²) in [5.41, 5.74) is 3.19. The van der Waals surface area contributed by atoms with E-state index in [2.05, 4.69) is 0 Å². The van der Waals surface area contributed by atoms with Gasteiger partial charge in [0.15, 0.2) is 5.58 Å². The lowest BCUT2D eigenvalue weighted by Crippen LogP contribution is -2.24. The number of nitrogens with zero attached hydrogens (tertiary/aromatic N) is 1. The lowest BCUT2D eigenvalue weighted by atomic mass is 9.94. The Kier molecular flexibility index (Phi) is 5.85. The Morgan fingerprint density at radius 2 is 1.79 bits per heavy atom. The number of hydrogen-bond acceptors (Lipinski definition) is 4. The van der Waals surface area contributed by atoms with Crippen molar-refractivity contribution < 1.29 is 13.6 Å². The molecule has 5 nitrogen and oxygen atoms in total. The van der Waals surface area contributed by atoms with Crippen LogP contribution in [0.5, 0.6) is 0 Å². The third kappa shape index (κ3) is 4.04. The van der Waals surface area contributed by atoms with Gasteiger partial charge in [-0.2, -0.15) is 0 Å². The van der Waals surface area contributed by atoms with E-state index in [1.165, 1.54) is 17.6 Å². The van der Waals surface area contributed by atoms with Gasteiger partial charge >= 0.3 is 5.63 Å². The van der Waals surface area contributed by atoms with Gasteiger partial charge in [0.2, 0.25) is 0 Å². The number of rotatable bonds is 5. The predicted octanol–water partition coefficient (Wildman–Crippen LogP) is 4.64. The number of carbonyl (C=O) groups is 1. The van der Waals surface area contributed by atoms with Crippen molar-refractivity contribution in [1.29, 1.82) is 0 Å². The number of carbonyl (C=O) groups excluding carboxylic acids is 1. The molecule has 0 unspecified atom stereocenters. The molecule has 0 amide bonds. The number of benzene rings is 2. The summed E-state index contributed by atoms with van der Waals surface area (Å²) in [4.78, 5) is 37.8. The number of fused-ring (bicyclic) bond motifs is 1. The van der Waals surface area contributed by atoms with Crippen molar-refractivity contribution in [3.63, 3.8) is 0 Å². The van der Waals surface area contributed by atoms with E-state index in [-0.39, 0.29) is 40.7 Å². The number of ketones is 1. The van der Waals surface area contributed by atoms with Crippen LogP contribution < -0.4 is 11.2 Å². The zero-order chi connectivity index (χ0) is 23.9. The lowest BCUT2D eigenvalue weighted by molar-refractivity contribution is -0.116. The lowest BCUT2D eigenvalue weighted by Gasteiger charge is -2.17. The molecule has 2 heterocycles. The first-order valence-electron chi connectivity index (χ1n) is 10.7. The second-order valence-electron chi connectivity index (χ2n) is 8.37. The highest BCUT2D eigenvalue weighted by Crippen LogP contribution is 2.33. The topological polar surface area (TPSA) is 69.3 Å². The van der Waals surface area contributed by atoms with Gasteiger partial charge in [0.1, 0.15) is 11.6 Å². The van der Waals surface area contributed by atoms with Gasteiger partial charge in [-0.05, 0) is 49.1 Å². The van der Waals surface area contributed by atoms with Gasteiger partial charge in [-0.3, -0.25) is 9.59 Å². The van der Waals surface area contributed by atoms with Crippen LogP contribution in [0.2, 0.25) is 0 Å². The summed E-state index contributed by atoms with van der Waals surface area (Å²) in [6.07, 6.45) is 0.362. The Balaban J connectivity index is 2.08. The molecule has 0 saturated carbocycles. The van der Waals surface area contributed by atoms with Crippen molar-refractivity contribution in [1.82, 2.24) is 4.57 Å². The summed E-state index contributed by atoms with van der Waals surface area (Å²) in [6.45, 7) is 4.90. The minimum atomic E-state index is -0.567. The van der Waals surface area contributed by atoms with E-state index in [9.17, 15) is 18.8 Å². The van der Waals surface area contributed by atoms with Crippen LogP contribution in [0.1, 0.15) is 34.9 Å². The van der Waals surface area contributed by atoms with Gasteiger partial charge in [0.25, 0.3) is 5.56 Å². The minimum absolute atomic E-state index is 0.0310. The predicted molar refractivity (Wildman–Crippen MR) is 126 cm³/mol. The first-order valence-corrected chi connectivity index (χ1v) is 10.7. The van der Waals surface area contributed by atoms with Crippen LogP contribution >= 0.6 is 0 Å². The summed E-state index contributed by atoms with van der Waals surface area (Å²) in [5.74, 6) is -0.372. The number of Topliss-reactive ketones (excluding diaryl/α,β-unsaturated/α-hetero) is 1. The smallest absolute Gasteiger partial charge is 0.339 e. The van der Waals surface area contributed by atoms with Gasteiger partial charge in [-0.25, -0.2) is 9.18 Å². The molecule has 4 aromatic rings. The zero-order valence-electron chi connectivity index (χ0n) is 19.0. The van der Waals surface area contributed by atoms with Gasteiger partial charge < -0.3 is 8.98 Å². The highest BCUT2D eigenvalue weighted by atomic mass is 19.1. The Hall–Kier alpha value is -3.80. The van der Waals surface area contributed by atoms with Crippen molar-refractivity contribution in [2.24, 2.45) is 7.05 Å². The maximum absolute atomic E-state index is 14.4. The fourth-order valence-corrected chi connectivity index (χ4v) is 4.24. The third-order valence-electron chi connectivity index (χ3n) is 6.09. The molecule has 2 aromatic heterocycles. The molecular formula is C27H24FNO4. The maximum Gasteiger partial charge on any atom is 0.339 e. The molecule has 0 aliphatic rings. The van der Waals surface area contributed by atoms with E-state index in [1.54, 1.807) is 39.1 Å². The highest BCUT2D eigenvalue weighted by Gasteiger charge is 2.22. The molecule has 2 aromatic carbocycles. The van der Waals surface area contributed by atoms with Crippen molar-refractivity contribution in [3.8, 4) is 11.1 Å². The molecule has 6 heteroatoms. The van der Waals surface area contributed by atoms with Crippen LogP contribution in [0.15, 0.2) is 62.5 Å². The fourth-order valence-electron chi connectivity index (χ4n) is 4.24. The number of pyridine rings is 1. The average molecular weight is 445 g/mol. The highest BCUT2D eigenvalue weighted by molar-refractivity contribution is 5.95. The number of hydrogen-bond donors (Lipinski definition) is 0. The molecule has 0 spiro atoms. The average Bonchev–Trinajstić information content (AvgIpc) is 2.77. The molecule has 0 radical (unpaired) electrons. The fraction of sp³-hybridized carbons (Fsp3) is 0.222. The van der Waals surface area contributed by atoms with E-state index in [1.807, 2.05) is 24.3 Å². The molecule has 4 rings (SSSR count). The van der Waals surface area contributed by atoms with Crippen LogP contribution in [-0.4, -0.2) is 10.4 Å². The molecule has 168 valence electrons. The summed E-state index contributed by atoms with van der Waals surface area (Å²) in [6, 6.07) is 13.7. The Morgan fingerprint density at radius 1 is 1.06 bits per heavy atom. The van der Waals surface area contributed by atoms with Crippen molar-refractivity contribution in [2.45, 2.75) is 33.6 Å². The Labute approximate surface area is 190 Å². The van der Waals surface area contributed by atoms with Crippen LogP contribution in [0, 0.1) is 19.7 Å². The van der Waals surface area contributed by atoms with Crippen LogP contribution in [0.4, 0.5) is 4.39 Å². The zero-order valence-corrected chi connectivity index (χ0v) is 19.0. The van der Waals surface area contributed by atoms with Crippen molar-refractivity contribution in [2.75, 3.05) is 0 Å². The quantitative estimate of drug-likeness (QED) is 0.449. The molecule has 0 aliphatic heterocycles. The molecule has 0 fully saturated rings. The Bertz CT molecular complexity index is 1530. The molecule has 0 saturated heterocycles. The molecule has 33 heavy (non-hydrogen) atoms. The van der Waals surface area contributed by atoms with Crippen molar-refractivity contribution in [3.05, 3.63) is 103 Å². The second-order valence-corrected chi connectivity index (χ2v) is 8.37. The Morgan fingerprint density at radius 3 is 2.48 bits per heavy atom. The third-order valence-corrected chi connectivity index (χ3v) is 6.09. The van der Waals surface area contributed by atoms with Gasteiger partial charge in [-0.15, -0.1) is 0 Å². The second kappa shape index (κ2) is 8.62. The van der Waals surface area contributed by atoms with E-state index < -0.39 is 11.4 Å². The first-order chi connectivity index (χ1) is 15.7. The van der Waals surface area contributed by atoms with Gasteiger partial charge in [0.05, 0.1) is 5.39 Å². The molecule has 0 atom stereocenters. The number of aromatic nitrogens is 1.